The second-order valence-electron chi connectivity index (χ2n) is 6.02. The standard InChI is InChI=1S/C15H26N2/c1-12-7-3-5-9-14(12)16-11-17-15-10-6-4-8-13(15)2/h12-15H,3-10H2,1-2H3. The van der Waals surface area contributed by atoms with E-state index in [0.717, 1.165) is 11.8 Å². The van der Waals surface area contributed by atoms with E-state index in [1.165, 1.54) is 51.4 Å². The Balaban J connectivity index is 1.89. The molecule has 2 heteroatoms. The van der Waals surface area contributed by atoms with Gasteiger partial charge in [-0.25, -0.2) is 9.98 Å². The molecule has 2 aliphatic carbocycles. The highest BCUT2D eigenvalue weighted by Gasteiger charge is 2.21. The third-order valence-corrected chi connectivity index (χ3v) is 4.58. The van der Waals surface area contributed by atoms with E-state index in [1.54, 1.807) is 0 Å². The summed E-state index contributed by atoms with van der Waals surface area (Å²) in [6.45, 7) is 4.64. The fourth-order valence-corrected chi connectivity index (χ4v) is 3.16. The molecule has 2 rings (SSSR count). The minimum atomic E-state index is 0.492. The molecule has 0 radical (unpaired) electrons. The predicted molar refractivity (Wildman–Crippen MR) is 72.7 cm³/mol. The van der Waals surface area contributed by atoms with Crippen LogP contribution in [0.4, 0.5) is 0 Å². The van der Waals surface area contributed by atoms with Crippen LogP contribution in [0.3, 0.4) is 0 Å². The minimum absolute atomic E-state index is 0.492. The normalized spacial score (nSPS) is 38.2. The Morgan fingerprint density at radius 1 is 0.706 bits per heavy atom. The molecule has 2 nitrogen and oxygen atoms in total. The van der Waals surface area contributed by atoms with Gasteiger partial charge in [-0.2, -0.15) is 0 Å². The lowest BCUT2D eigenvalue weighted by Crippen LogP contribution is -2.21. The highest BCUT2D eigenvalue weighted by atomic mass is 14.9. The Morgan fingerprint density at radius 3 is 1.53 bits per heavy atom. The second-order valence-corrected chi connectivity index (χ2v) is 6.02. The van der Waals surface area contributed by atoms with Crippen molar-refractivity contribution in [3.05, 3.63) is 0 Å². The van der Waals surface area contributed by atoms with E-state index in [-0.39, 0.29) is 0 Å². The van der Waals surface area contributed by atoms with Crippen molar-refractivity contribution in [2.75, 3.05) is 0 Å². The molecule has 0 bridgehead atoms. The first-order chi connectivity index (χ1) is 8.27. The maximum absolute atomic E-state index is 4.58. The van der Waals surface area contributed by atoms with Crippen LogP contribution < -0.4 is 0 Å². The zero-order valence-electron chi connectivity index (χ0n) is 11.4. The van der Waals surface area contributed by atoms with Crippen molar-refractivity contribution >= 4 is 6.01 Å². The van der Waals surface area contributed by atoms with Crippen molar-refractivity contribution < 1.29 is 0 Å². The second kappa shape index (κ2) is 6.35. The first-order valence-electron chi connectivity index (χ1n) is 7.42. The van der Waals surface area contributed by atoms with Gasteiger partial charge in [0.05, 0.1) is 18.1 Å². The van der Waals surface area contributed by atoms with E-state index in [4.69, 9.17) is 0 Å². The molecular formula is C15H26N2. The van der Waals surface area contributed by atoms with Gasteiger partial charge >= 0.3 is 0 Å². The van der Waals surface area contributed by atoms with Crippen LogP contribution in [0.2, 0.25) is 0 Å². The molecule has 0 aliphatic heterocycles. The summed E-state index contributed by atoms with van der Waals surface area (Å²) in [6, 6.07) is 4.02. The maximum Gasteiger partial charge on any atom is 0.0898 e. The molecule has 2 aliphatic rings. The predicted octanol–water partition coefficient (Wildman–Crippen LogP) is 4.32. The topological polar surface area (TPSA) is 24.7 Å². The molecule has 4 atom stereocenters. The summed E-state index contributed by atoms with van der Waals surface area (Å²) < 4.78 is 0. The monoisotopic (exact) mass is 234 g/mol. The highest BCUT2D eigenvalue weighted by Crippen LogP contribution is 2.27. The van der Waals surface area contributed by atoms with Crippen LogP contribution in [0.5, 0.6) is 0 Å². The summed E-state index contributed by atoms with van der Waals surface area (Å²) >= 11 is 0. The number of nitrogens with zero attached hydrogens (tertiary/aromatic N) is 2. The number of hydrogen-bond acceptors (Lipinski definition) is 2. The molecule has 0 saturated heterocycles. The van der Waals surface area contributed by atoms with Gasteiger partial charge in [-0.15, -0.1) is 0 Å². The fraction of sp³-hybridized carbons (Fsp3) is 0.933. The van der Waals surface area contributed by atoms with Crippen LogP contribution >= 0.6 is 0 Å². The molecular weight excluding hydrogens is 208 g/mol. The van der Waals surface area contributed by atoms with Crippen LogP contribution in [0.15, 0.2) is 9.98 Å². The Kier molecular flexibility index (Phi) is 4.79. The van der Waals surface area contributed by atoms with Gasteiger partial charge in [0.2, 0.25) is 0 Å². The Bertz CT molecular complexity index is 265. The maximum atomic E-state index is 4.58. The molecule has 2 saturated carbocycles. The summed E-state index contributed by atoms with van der Waals surface area (Å²) in [6.07, 6.45) is 10.6. The SMILES string of the molecule is CC1CCCCC1N=C=NC1CCCCC1C. The number of aliphatic imine (C=N–C) groups is 2. The van der Waals surface area contributed by atoms with Crippen LogP contribution in [-0.2, 0) is 0 Å². The lowest BCUT2D eigenvalue weighted by atomic mass is 9.86. The van der Waals surface area contributed by atoms with E-state index in [9.17, 15) is 0 Å². The van der Waals surface area contributed by atoms with Crippen molar-refractivity contribution in [2.45, 2.75) is 77.3 Å². The average molecular weight is 234 g/mol. The lowest BCUT2D eigenvalue weighted by Gasteiger charge is -2.25. The van der Waals surface area contributed by atoms with Gasteiger partial charge in [0, 0.05) is 0 Å². The molecule has 96 valence electrons. The summed E-state index contributed by atoms with van der Waals surface area (Å²) in [5.74, 6) is 1.46. The Morgan fingerprint density at radius 2 is 1.12 bits per heavy atom. The van der Waals surface area contributed by atoms with Gasteiger partial charge in [0.25, 0.3) is 0 Å². The summed E-state index contributed by atoms with van der Waals surface area (Å²) in [7, 11) is 0. The van der Waals surface area contributed by atoms with E-state index in [1.807, 2.05) is 0 Å². The largest absolute Gasteiger partial charge is 0.222 e. The van der Waals surface area contributed by atoms with Crippen LogP contribution in [0.25, 0.3) is 0 Å². The molecule has 2 fully saturated rings. The van der Waals surface area contributed by atoms with Crippen molar-refractivity contribution in [1.29, 1.82) is 0 Å². The molecule has 0 amide bonds. The van der Waals surface area contributed by atoms with Gasteiger partial charge in [-0.3, -0.25) is 0 Å². The molecule has 0 aromatic heterocycles. The quantitative estimate of drug-likeness (QED) is 0.636. The summed E-state index contributed by atoms with van der Waals surface area (Å²) in [5.41, 5.74) is 0. The average Bonchev–Trinajstić information content (AvgIpc) is 2.34. The zero-order chi connectivity index (χ0) is 12.1. The van der Waals surface area contributed by atoms with E-state index < -0.39 is 0 Å². The lowest BCUT2D eigenvalue weighted by molar-refractivity contribution is 0.328. The van der Waals surface area contributed by atoms with E-state index in [0.29, 0.717) is 12.1 Å². The molecule has 4 unspecified atom stereocenters. The fourth-order valence-electron chi connectivity index (χ4n) is 3.16. The van der Waals surface area contributed by atoms with Gasteiger partial charge in [0.1, 0.15) is 0 Å². The molecule has 17 heavy (non-hydrogen) atoms. The number of rotatable bonds is 2. The van der Waals surface area contributed by atoms with Crippen LogP contribution in [0, 0.1) is 11.8 Å². The smallest absolute Gasteiger partial charge is 0.0898 e. The zero-order valence-corrected chi connectivity index (χ0v) is 11.4. The van der Waals surface area contributed by atoms with Crippen molar-refractivity contribution in [2.24, 2.45) is 21.8 Å². The van der Waals surface area contributed by atoms with E-state index >= 15 is 0 Å². The third kappa shape index (κ3) is 3.67. The minimum Gasteiger partial charge on any atom is -0.222 e. The third-order valence-electron chi connectivity index (χ3n) is 4.58. The van der Waals surface area contributed by atoms with Gasteiger partial charge < -0.3 is 0 Å². The highest BCUT2D eigenvalue weighted by molar-refractivity contribution is 5.42. The van der Waals surface area contributed by atoms with Crippen molar-refractivity contribution in [3.8, 4) is 0 Å². The van der Waals surface area contributed by atoms with Crippen molar-refractivity contribution in [1.82, 2.24) is 0 Å². The van der Waals surface area contributed by atoms with Gasteiger partial charge in [0.15, 0.2) is 0 Å². The van der Waals surface area contributed by atoms with Crippen molar-refractivity contribution in [3.63, 3.8) is 0 Å². The number of hydrogen-bond donors (Lipinski definition) is 0. The Labute approximate surface area is 106 Å². The first kappa shape index (κ1) is 12.8. The molecule has 0 spiro atoms. The van der Waals surface area contributed by atoms with Gasteiger partial charge in [-0.1, -0.05) is 39.5 Å². The Hall–Kier alpha value is -0.620. The molecule has 0 aromatic carbocycles. The van der Waals surface area contributed by atoms with Crippen LogP contribution in [0.1, 0.15) is 65.2 Å². The van der Waals surface area contributed by atoms with Crippen LogP contribution in [-0.4, -0.2) is 18.1 Å². The van der Waals surface area contributed by atoms with Gasteiger partial charge in [-0.05, 0) is 37.5 Å². The van der Waals surface area contributed by atoms with E-state index in [2.05, 4.69) is 29.8 Å². The molecule has 0 N–H and O–H groups in total. The molecule has 0 aromatic rings. The summed E-state index contributed by atoms with van der Waals surface area (Å²) in [4.78, 5) is 9.15. The molecule has 0 heterocycles. The summed E-state index contributed by atoms with van der Waals surface area (Å²) in [5, 5.41) is 0. The first-order valence-corrected chi connectivity index (χ1v) is 7.42.